The molecule has 0 radical (unpaired) electrons. The van der Waals surface area contributed by atoms with Gasteiger partial charge in [0.2, 0.25) is 0 Å². The molecule has 0 aromatic heterocycles. The van der Waals surface area contributed by atoms with Crippen LogP contribution in [0.3, 0.4) is 0 Å². The maximum Gasteiger partial charge on any atom is -0.0178 e. The van der Waals surface area contributed by atoms with Crippen molar-refractivity contribution in [3.8, 4) is 11.1 Å². The molecule has 0 nitrogen and oxygen atoms in total. The van der Waals surface area contributed by atoms with Crippen LogP contribution in [0.2, 0.25) is 0 Å². The average molecular weight is 321 g/mol. The molecule has 0 bridgehead atoms. The zero-order valence-electron chi connectivity index (χ0n) is 16.1. The van der Waals surface area contributed by atoms with Crippen molar-refractivity contribution in [3.63, 3.8) is 0 Å². The standard InChI is InChI=1S/C20H20.2C2H6/c1-4-6-8-17(5-2)19-9-7-10-20(15-19)18-13-11-16(3)12-14-18;2*1-2/h4-15H,1H2,2-3H3;2*1-2H3/b8-6-,17-5+;;. The van der Waals surface area contributed by atoms with Gasteiger partial charge in [-0.2, -0.15) is 0 Å². The molecular formula is C24H32. The van der Waals surface area contributed by atoms with E-state index >= 15 is 0 Å². The highest BCUT2D eigenvalue weighted by atomic mass is 14.1. The van der Waals surface area contributed by atoms with Gasteiger partial charge >= 0.3 is 0 Å². The first-order chi connectivity index (χ1) is 11.7. The van der Waals surface area contributed by atoms with Crippen LogP contribution in [-0.4, -0.2) is 0 Å². The van der Waals surface area contributed by atoms with E-state index < -0.39 is 0 Å². The van der Waals surface area contributed by atoms with E-state index in [0.29, 0.717) is 0 Å². The van der Waals surface area contributed by atoms with E-state index in [1.165, 1.54) is 27.8 Å². The number of benzene rings is 2. The van der Waals surface area contributed by atoms with Crippen LogP contribution >= 0.6 is 0 Å². The molecule has 0 amide bonds. The van der Waals surface area contributed by atoms with Crippen molar-refractivity contribution in [1.29, 1.82) is 0 Å². The molecule has 2 aromatic rings. The van der Waals surface area contributed by atoms with E-state index in [1.807, 2.05) is 33.8 Å². The Kier molecular flexibility index (Phi) is 11.9. The number of hydrogen-bond acceptors (Lipinski definition) is 0. The van der Waals surface area contributed by atoms with Crippen molar-refractivity contribution in [1.82, 2.24) is 0 Å². The number of allylic oxidation sites excluding steroid dienone is 5. The third-order valence-electron chi connectivity index (χ3n) is 3.30. The molecular weight excluding hydrogens is 288 g/mol. The Labute approximate surface area is 149 Å². The molecule has 0 aliphatic heterocycles. The summed E-state index contributed by atoms with van der Waals surface area (Å²) >= 11 is 0. The van der Waals surface area contributed by atoms with Gasteiger partial charge in [-0.05, 0) is 42.2 Å². The third kappa shape index (κ3) is 6.83. The van der Waals surface area contributed by atoms with E-state index in [4.69, 9.17) is 0 Å². The molecule has 2 rings (SSSR count). The molecule has 0 unspecified atom stereocenters. The normalized spacial score (nSPS) is 10.3. The van der Waals surface area contributed by atoms with Gasteiger partial charge in [0.15, 0.2) is 0 Å². The molecule has 0 aliphatic carbocycles. The molecule has 24 heavy (non-hydrogen) atoms. The molecule has 0 heterocycles. The quantitative estimate of drug-likeness (QED) is 0.503. The van der Waals surface area contributed by atoms with Crippen LogP contribution in [-0.2, 0) is 0 Å². The first kappa shape index (κ1) is 21.7. The van der Waals surface area contributed by atoms with E-state index in [1.54, 1.807) is 6.08 Å². The van der Waals surface area contributed by atoms with Crippen LogP contribution in [0.4, 0.5) is 0 Å². The predicted molar refractivity (Wildman–Crippen MR) is 112 cm³/mol. The zero-order chi connectivity index (χ0) is 18.4. The Balaban J connectivity index is 0.00000123. The van der Waals surface area contributed by atoms with Gasteiger partial charge in [-0.15, -0.1) is 0 Å². The molecule has 0 spiro atoms. The lowest BCUT2D eigenvalue weighted by Crippen LogP contribution is -1.84. The second-order valence-corrected chi connectivity index (χ2v) is 4.79. The van der Waals surface area contributed by atoms with Gasteiger partial charge < -0.3 is 0 Å². The Morgan fingerprint density at radius 1 is 0.875 bits per heavy atom. The van der Waals surface area contributed by atoms with Gasteiger partial charge in [0.05, 0.1) is 0 Å². The fourth-order valence-electron chi connectivity index (χ4n) is 2.16. The fraction of sp³-hybridized carbons (Fsp3) is 0.250. The van der Waals surface area contributed by atoms with Crippen molar-refractivity contribution in [2.45, 2.75) is 41.5 Å². The summed E-state index contributed by atoms with van der Waals surface area (Å²) in [6.45, 7) is 15.9. The van der Waals surface area contributed by atoms with E-state index in [0.717, 1.165) is 0 Å². The van der Waals surface area contributed by atoms with Crippen LogP contribution in [0.15, 0.2) is 79.4 Å². The Morgan fingerprint density at radius 3 is 2.04 bits per heavy atom. The van der Waals surface area contributed by atoms with Crippen LogP contribution in [0.25, 0.3) is 16.7 Å². The molecule has 0 saturated carbocycles. The van der Waals surface area contributed by atoms with Gasteiger partial charge in [-0.25, -0.2) is 0 Å². The summed E-state index contributed by atoms with van der Waals surface area (Å²) in [5.74, 6) is 0. The Bertz CT molecular complexity index is 640. The van der Waals surface area contributed by atoms with Crippen molar-refractivity contribution < 1.29 is 0 Å². The van der Waals surface area contributed by atoms with Crippen LogP contribution < -0.4 is 0 Å². The van der Waals surface area contributed by atoms with E-state index in [-0.39, 0.29) is 0 Å². The highest BCUT2D eigenvalue weighted by Crippen LogP contribution is 2.24. The van der Waals surface area contributed by atoms with E-state index in [9.17, 15) is 0 Å². The minimum Gasteiger partial charge on any atom is -0.0991 e. The molecule has 0 saturated heterocycles. The van der Waals surface area contributed by atoms with Crippen LogP contribution in [0.5, 0.6) is 0 Å². The first-order valence-electron chi connectivity index (χ1n) is 8.87. The molecule has 0 N–H and O–H groups in total. The average Bonchev–Trinajstić information content (AvgIpc) is 2.66. The number of rotatable bonds is 4. The Hall–Kier alpha value is -2.34. The minimum atomic E-state index is 1.21. The fourth-order valence-corrected chi connectivity index (χ4v) is 2.16. The summed E-state index contributed by atoms with van der Waals surface area (Å²) in [5.41, 5.74) is 6.21. The van der Waals surface area contributed by atoms with Gasteiger partial charge in [0.25, 0.3) is 0 Å². The summed E-state index contributed by atoms with van der Waals surface area (Å²) in [5, 5.41) is 0. The lowest BCUT2D eigenvalue weighted by atomic mass is 9.98. The second-order valence-electron chi connectivity index (χ2n) is 4.79. The lowest BCUT2D eigenvalue weighted by Gasteiger charge is -2.07. The smallest absolute Gasteiger partial charge is 0.0178 e. The predicted octanol–water partition coefficient (Wildman–Crippen LogP) is 7.86. The molecule has 2 aromatic carbocycles. The largest absolute Gasteiger partial charge is 0.0991 e. The number of hydrogen-bond donors (Lipinski definition) is 0. The zero-order valence-corrected chi connectivity index (χ0v) is 16.1. The summed E-state index contributed by atoms with van der Waals surface area (Å²) < 4.78 is 0. The number of aryl methyl sites for hydroxylation is 1. The summed E-state index contributed by atoms with van der Waals surface area (Å²) in [6, 6.07) is 17.3. The maximum absolute atomic E-state index is 3.72. The van der Waals surface area contributed by atoms with Crippen LogP contribution in [0, 0.1) is 6.92 Å². The molecule has 0 heteroatoms. The SMILES string of the molecule is C=C/C=C\C(=C/C)c1cccc(-c2ccc(C)cc2)c1.CC.CC. The highest BCUT2D eigenvalue weighted by molar-refractivity contribution is 5.77. The first-order valence-corrected chi connectivity index (χ1v) is 8.87. The van der Waals surface area contributed by atoms with Gasteiger partial charge in [-0.3, -0.25) is 0 Å². The summed E-state index contributed by atoms with van der Waals surface area (Å²) in [6.07, 6.45) is 7.97. The van der Waals surface area contributed by atoms with Gasteiger partial charge in [0.1, 0.15) is 0 Å². The summed E-state index contributed by atoms with van der Waals surface area (Å²) in [7, 11) is 0. The Morgan fingerprint density at radius 2 is 1.50 bits per heavy atom. The van der Waals surface area contributed by atoms with Crippen molar-refractivity contribution in [3.05, 3.63) is 90.5 Å². The van der Waals surface area contributed by atoms with Crippen LogP contribution in [0.1, 0.15) is 45.7 Å². The van der Waals surface area contributed by atoms with E-state index in [2.05, 4.69) is 81.1 Å². The maximum atomic E-state index is 3.72. The molecule has 128 valence electrons. The highest BCUT2D eigenvalue weighted by Gasteiger charge is 2.01. The second kappa shape index (κ2) is 13.1. The lowest BCUT2D eigenvalue weighted by molar-refractivity contribution is 1.47. The van der Waals surface area contributed by atoms with Gasteiger partial charge in [-0.1, -0.05) is 107 Å². The summed E-state index contributed by atoms with van der Waals surface area (Å²) in [4.78, 5) is 0. The monoisotopic (exact) mass is 320 g/mol. The third-order valence-corrected chi connectivity index (χ3v) is 3.30. The van der Waals surface area contributed by atoms with Gasteiger partial charge in [0, 0.05) is 0 Å². The molecule has 0 fully saturated rings. The van der Waals surface area contributed by atoms with Crippen molar-refractivity contribution in [2.75, 3.05) is 0 Å². The molecule has 0 aliphatic rings. The molecule has 0 atom stereocenters. The topological polar surface area (TPSA) is 0 Å². The minimum absolute atomic E-state index is 1.21. The van der Waals surface area contributed by atoms with Crippen molar-refractivity contribution in [2.24, 2.45) is 0 Å². The van der Waals surface area contributed by atoms with Crippen molar-refractivity contribution >= 4 is 5.57 Å².